The minimum Gasteiger partial charge on any atom is -0.312 e. The van der Waals surface area contributed by atoms with Crippen LogP contribution in [0, 0.1) is 0 Å². The van der Waals surface area contributed by atoms with Crippen molar-refractivity contribution in [2.75, 3.05) is 13.6 Å². The topological polar surface area (TPSA) is 15.3 Å². The summed E-state index contributed by atoms with van der Waals surface area (Å²) >= 11 is 0. The van der Waals surface area contributed by atoms with Gasteiger partial charge in [-0.05, 0) is 67.0 Å². The van der Waals surface area contributed by atoms with E-state index < -0.39 is 0 Å². The third kappa shape index (κ3) is 5.87. The lowest BCUT2D eigenvalue weighted by atomic mass is 10.1. The van der Waals surface area contributed by atoms with Crippen LogP contribution in [0.15, 0.2) is 0 Å². The van der Waals surface area contributed by atoms with Gasteiger partial charge in [-0.25, -0.2) is 0 Å². The molecule has 2 nitrogen and oxygen atoms in total. The van der Waals surface area contributed by atoms with Crippen molar-refractivity contribution in [2.24, 2.45) is 0 Å². The first-order chi connectivity index (χ1) is 7.90. The molecule has 0 bridgehead atoms. The molecule has 0 spiro atoms. The first-order valence-corrected chi connectivity index (χ1v) is 7.37. The largest absolute Gasteiger partial charge is 0.312 e. The molecule has 0 heterocycles. The second-order valence-corrected chi connectivity index (χ2v) is 6.77. The van der Waals surface area contributed by atoms with E-state index in [-0.39, 0.29) is 5.54 Å². The molecule has 0 aromatic heterocycles. The molecule has 0 amide bonds. The number of hydrogen-bond acceptors (Lipinski definition) is 2. The summed E-state index contributed by atoms with van der Waals surface area (Å²) in [5.74, 6) is 0. The van der Waals surface area contributed by atoms with Crippen molar-refractivity contribution in [2.45, 2.75) is 83.8 Å². The van der Waals surface area contributed by atoms with Crippen LogP contribution in [0.4, 0.5) is 0 Å². The van der Waals surface area contributed by atoms with Gasteiger partial charge in [0.05, 0.1) is 0 Å². The van der Waals surface area contributed by atoms with Gasteiger partial charge in [0.15, 0.2) is 0 Å². The highest BCUT2D eigenvalue weighted by atomic mass is 15.2. The van der Waals surface area contributed by atoms with Gasteiger partial charge < -0.3 is 10.2 Å². The summed E-state index contributed by atoms with van der Waals surface area (Å²) in [5.41, 5.74) is 0.264. The smallest absolute Gasteiger partial charge is 0.00965 e. The average Bonchev–Trinajstić information content (AvgIpc) is 2.74. The molecule has 0 aromatic carbocycles. The Labute approximate surface area is 108 Å². The lowest BCUT2D eigenvalue weighted by Gasteiger charge is -2.31. The monoisotopic (exact) mass is 240 g/mol. The Kier molecular flexibility index (Phi) is 5.94. The highest BCUT2D eigenvalue weighted by Crippen LogP contribution is 2.24. The summed E-state index contributed by atoms with van der Waals surface area (Å²) in [4.78, 5) is 2.62. The zero-order valence-electron chi connectivity index (χ0n) is 12.6. The van der Waals surface area contributed by atoms with Crippen LogP contribution in [-0.2, 0) is 0 Å². The van der Waals surface area contributed by atoms with E-state index >= 15 is 0 Å². The summed E-state index contributed by atoms with van der Waals surface area (Å²) in [7, 11) is 2.32. The van der Waals surface area contributed by atoms with E-state index in [1.807, 2.05) is 0 Å². The van der Waals surface area contributed by atoms with Crippen LogP contribution < -0.4 is 5.32 Å². The van der Waals surface area contributed by atoms with Crippen LogP contribution in [-0.4, -0.2) is 36.1 Å². The van der Waals surface area contributed by atoms with Crippen molar-refractivity contribution in [1.82, 2.24) is 10.2 Å². The summed E-state index contributed by atoms with van der Waals surface area (Å²) < 4.78 is 0. The van der Waals surface area contributed by atoms with Crippen molar-refractivity contribution in [3.63, 3.8) is 0 Å². The molecule has 1 rings (SSSR count). The Balaban J connectivity index is 2.13. The average molecular weight is 240 g/mol. The van der Waals surface area contributed by atoms with Gasteiger partial charge >= 0.3 is 0 Å². The van der Waals surface area contributed by atoms with Gasteiger partial charge in [0.25, 0.3) is 0 Å². The lowest BCUT2D eigenvalue weighted by Crippen LogP contribution is -2.39. The minimum atomic E-state index is 0.264. The van der Waals surface area contributed by atoms with Crippen LogP contribution in [0.2, 0.25) is 0 Å². The fourth-order valence-electron chi connectivity index (χ4n) is 2.74. The maximum atomic E-state index is 3.57. The second-order valence-electron chi connectivity index (χ2n) is 6.77. The Morgan fingerprint density at radius 1 is 1.24 bits per heavy atom. The standard InChI is InChI=1S/C15H32N2/c1-13(9-8-12-16-15(2,3)4)17(5)14-10-6-7-11-14/h13-14,16H,6-12H2,1-5H3. The predicted octanol–water partition coefficient (Wildman–Crippen LogP) is 3.42. The van der Waals surface area contributed by atoms with E-state index in [2.05, 4.69) is 45.0 Å². The molecule has 0 radical (unpaired) electrons. The van der Waals surface area contributed by atoms with Crippen molar-refractivity contribution >= 4 is 0 Å². The van der Waals surface area contributed by atoms with Crippen molar-refractivity contribution in [3.8, 4) is 0 Å². The van der Waals surface area contributed by atoms with E-state index in [1.165, 1.54) is 38.5 Å². The van der Waals surface area contributed by atoms with Crippen molar-refractivity contribution in [1.29, 1.82) is 0 Å². The number of nitrogens with one attached hydrogen (secondary N) is 1. The van der Waals surface area contributed by atoms with Gasteiger partial charge in [-0.2, -0.15) is 0 Å². The molecule has 2 heteroatoms. The van der Waals surface area contributed by atoms with Crippen LogP contribution in [0.25, 0.3) is 0 Å². The molecule has 1 saturated carbocycles. The van der Waals surface area contributed by atoms with Gasteiger partial charge in [-0.15, -0.1) is 0 Å². The molecule has 0 saturated heterocycles. The van der Waals surface area contributed by atoms with E-state index in [4.69, 9.17) is 0 Å². The highest BCUT2D eigenvalue weighted by Gasteiger charge is 2.22. The number of rotatable bonds is 6. The summed E-state index contributed by atoms with van der Waals surface area (Å²) in [5, 5.41) is 3.57. The summed E-state index contributed by atoms with van der Waals surface area (Å²) in [6.07, 6.45) is 8.31. The Morgan fingerprint density at radius 2 is 1.82 bits per heavy atom. The molecule has 1 unspecified atom stereocenters. The van der Waals surface area contributed by atoms with Gasteiger partial charge in [0.2, 0.25) is 0 Å². The fourth-order valence-corrected chi connectivity index (χ4v) is 2.74. The SMILES string of the molecule is CC(CCCNC(C)(C)C)N(C)C1CCCC1. The number of hydrogen-bond donors (Lipinski definition) is 1. The highest BCUT2D eigenvalue weighted by molar-refractivity contribution is 4.79. The molecule has 1 atom stereocenters. The predicted molar refractivity (Wildman–Crippen MR) is 76.5 cm³/mol. The third-order valence-corrected chi connectivity index (χ3v) is 4.05. The van der Waals surface area contributed by atoms with E-state index in [9.17, 15) is 0 Å². The maximum Gasteiger partial charge on any atom is 0.00965 e. The van der Waals surface area contributed by atoms with Crippen molar-refractivity contribution < 1.29 is 0 Å². The molecule has 1 N–H and O–H groups in total. The van der Waals surface area contributed by atoms with Crippen LogP contribution in [0.3, 0.4) is 0 Å². The Bertz CT molecular complexity index is 201. The normalized spacial score (nSPS) is 20.1. The zero-order valence-corrected chi connectivity index (χ0v) is 12.6. The maximum absolute atomic E-state index is 3.57. The quantitative estimate of drug-likeness (QED) is 0.716. The van der Waals surface area contributed by atoms with E-state index in [0.717, 1.165) is 18.6 Å². The molecule has 1 fully saturated rings. The second kappa shape index (κ2) is 6.75. The third-order valence-electron chi connectivity index (χ3n) is 4.05. The van der Waals surface area contributed by atoms with Gasteiger partial charge in [0, 0.05) is 17.6 Å². The summed E-state index contributed by atoms with van der Waals surface area (Å²) in [6.45, 7) is 10.2. The van der Waals surface area contributed by atoms with Crippen LogP contribution in [0.5, 0.6) is 0 Å². The molecule has 102 valence electrons. The number of nitrogens with zero attached hydrogens (tertiary/aromatic N) is 1. The zero-order chi connectivity index (χ0) is 12.9. The fraction of sp³-hybridized carbons (Fsp3) is 1.00. The van der Waals surface area contributed by atoms with Gasteiger partial charge in [0.1, 0.15) is 0 Å². The Morgan fingerprint density at radius 3 is 2.35 bits per heavy atom. The van der Waals surface area contributed by atoms with Crippen molar-refractivity contribution in [3.05, 3.63) is 0 Å². The van der Waals surface area contributed by atoms with Gasteiger partial charge in [-0.3, -0.25) is 0 Å². The first-order valence-electron chi connectivity index (χ1n) is 7.37. The molecule has 0 aliphatic heterocycles. The van der Waals surface area contributed by atoms with E-state index in [1.54, 1.807) is 0 Å². The first kappa shape index (κ1) is 15.0. The lowest BCUT2D eigenvalue weighted by molar-refractivity contribution is 0.175. The molecular formula is C15H32N2. The molecule has 17 heavy (non-hydrogen) atoms. The van der Waals surface area contributed by atoms with E-state index in [0.29, 0.717) is 0 Å². The Hall–Kier alpha value is -0.0800. The summed E-state index contributed by atoms with van der Waals surface area (Å²) in [6, 6.07) is 1.60. The molecule has 0 aromatic rings. The van der Waals surface area contributed by atoms with Crippen LogP contribution in [0.1, 0.15) is 66.2 Å². The van der Waals surface area contributed by atoms with Crippen LogP contribution >= 0.6 is 0 Å². The molecule has 1 aliphatic rings. The molecular weight excluding hydrogens is 208 g/mol. The molecule has 1 aliphatic carbocycles. The van der Waals surface area contributed by atoms with Gasteiger partial charge in [-0.1, -0.05) is 12.8 Å². The minimum absolute atomic E-state index is 0.264.